The number of carbonyl (C=O) groups is 1. The maximum atomic E-state index is 12.0. The van der Waals surface area contributed by atoms with Crippen LogP contribution < -0.4 is 10.2 Å². The first-order valence-corrected chi connectivity index (χ1v) is 10.6. The second-order valence-electron chi connectivity index (χ2n) is 7.70. The van der Waals surface area contributed by atoms with Crippen molar-refractivity contribution in [1.29, 1.82) is 0 Å². The molecule has 0 aromatic heterocycles. The van der Waals surface area contributed by atoms with E-state index in [1.807, 2.05) is 12.1 Å². The lowest BCUT2D eigenvalue weighted by molar-refractivity contribution is -0.121. The molecule has 1 saturated heterocycles. The molecule has 3 rings (SSSR count). The van der Waals surface area contributed by atoms with Gasteiger partial charge >= 0.3 is 0 Å². The summed E-state index contributed by atoms with van der Waals surface area (Å²) in [4.78, 5) is 16.9. The molecule has 1 aromatic carbocycles. The highest BCUT2D eigenvalue weighted by molar-refractivity contribution is 6.30. The Morgan fingerprint density at radius 2 is 1.73 bits per heavy atom. The van der Waals surface area contributed by atoms with E-state index in [-0.39, 0.29) is 5.91 Å². The van der Waals surface area contributed by atoms with Gasteiger partial charge in [-0.3, -0.25) is 9.69 Å². The number of anilines is 1. The van der Waals surface area contributed by atoms with Crippen molar-refractivity contribution in [3.63, 3.8) is 0 Å². The Hall–Kier alpha value is -1.26. The van der Waals surface area contributed by atoms with Gasteiger partial charge in [0.05, 0.1) is 0 Å². The molecule has 5 heteroatoms. The summed E-state index contributed by atoms with van der Waals surface area (Å²) < 4.78 is 0. The lowest BCUT2D eigenvalue weighted by Gasteiger charge is -2.36. The van der Waals surface area contributed by atoms with Crippen molar-refractivity contribution in [2.24, 2.45) is 5.92 Å². The zero-order valence-electron chi connectivity index (χ0n) is 15.8. The third-order valence-electron chi connectivity index (χ3n) is 5.82. The summed E-state index contributed by atoms with van der Waals surface area (Å²) in [6.45, 7) is 5.85. The van der Waals surface area contributed by atoms with Crippen LogP contribution in [0, 0.1) is 5.92 Å². The number of hydrogen-bond acceptors (Lipinski definition) is 3. The average Bonchev–Trinajstić information content (AvgIpc) is 2.68. The molecule has 0 unspecified atom stereocenters. The Morgan fingerprint density at radius 1 is 1.04 bits per heavy atom. The number of nitrogens with one attached hydrogen (secondary N) is 1. The van der Waals surface area contributed by atoms with Crippen LogP contribution in [0.2, 0.25) is 5.02 Å². The highest BCUT2D eigenvalue weighted by Gasteiger charge is 2.18. The van der Waals surface area contributed by atoms with Crippen molar-refractivity contribution in [1.82, 2.24) is 10.2 Å². The number of benzene rings is 1. The molecule has 2 fully saturated rings. The molecule has 1 aliphatic carbocycles. The molecule has 4 nitrogen and oxygen atoms in total. The molecule has 0 radical (unpaired) electrons. The highest BCUT2D eigenvalue weighted by Crippen LogP contribution is 2.27. The Morgan fingerprint density at radius 3 is 2.42 bits per heavy atom. The molecule has 0 bridgehead atoms. The zero-order chi connectivity index (χ0) is 18.2. The average molecular weight is 378 g/mol. The number of hydrogen-bond donors (Lipinski definition) is 1. The largest absolute Gasteiger partial charge is 0.369 e. The van der Waals surface area contributed by atoms with Crippen LogP contribution in [0.5, 0.6) is 0 Å². The van der Waals surface area contributed by atoms with E-state index in [0.717, 1.165) is 56.6 Å². The molecule has 0 atom stereocenters. The molecule has 1 N–H and O–H groups in total. The van der Waals surface area contributed by atoms with Crippen LogP contribution in [-0.4, -0.2) is 50.1 Å². The van der Waals surface area contributed by atoms with Gasteiger partial charge in [-0.25, -0.2) is 0 Å². The van der Waals surface area contributed by atoms with E-state index in [1.54, 1.807) is 0 Å². The first-order chi connectivity index (χ1) is 12.7. The van der Waals surface area contributed by atoms with E-state index < -0.39 is 0 Å². The summed E-state index contributed by atoms with van der Waals surface area (Å²) in [6.07, 6.45) is 8.52. The maximum Gasteiger partial charge on any atom is 0.220 e. The van der Waals surface area contributed by atoms with Crippen molar-refractivity contribution in [3.05, 3.63) is 29.3 Å². The Labute approximate surface area is 162 Å². The first kappa shape index (κ1) is 19.5. The third-order valence-corrected chi connectivity index (χ3v) is 6.07. The maximum absolute atomic E-state index is 12.0. The van der Waals surface area contributed by atoms with Crippen LogP contribution in [0.1, 0.15) is 44.9 Å². The number of halogens is 1. The predicted octanol–water partition coefficient (Wildman–Crippen LogP) is 3.94. The van der Waals surface area contributed by atoms with Crippen LogP contribution in [0.25, 0.3) is 0 Å². The van der Waals surface area contributed by atoms with Gasteiger partial charge in [0.1, 0.15) is 0 Å². The minimum Gasteiger partial charge on any atom is -0.369 e. The van der Waals surface area contributed by atoms with Gasteiger partial charge in [-0.1, -0.05) is 43.7 Å². The molecule has 1 heterocycles. The fraction of sp³-hybridized carbons (Fsp3) is 0.667. The fourth-order valence-corrected chi connectivity index (χ4v) is 4.26. The van der Waals surface area contributed by atoms with Gasteiger partial charge in [0, 0.05) is 56.4 Å². The molecular weight excluding hydrogens is 346 g/mol. The summed E-state index contributed by atoms with van der Waals surface area (Å²) in [5.41, 5.74) is 1.24. The van der Waals surface area contributed by atoms with Gasteiger partial charge in [0.15, 0.2) is 0 Å². The second-order valence-corrected chi connectivity index (χ2v) is 8.13. The molecule has 1 saturated carbocycles. The third kappa shape index (κ3) is 6.17. The Kier molecular flexibility index (Phi) is 7.63. The van der Waals surface area contributed by atoms with Gasteiger partial charge in [-0.2, -0.15) is 0 Å². The minimum atomic E-state index is 0.232. The Balaban J connectivity index is 1.27. The number of carbonyl (C=O) groups excluding carboxylic acids is 1. The van der Waals surface area contributed by atoms with Crippen molar-refractivity contribution in [2.75, 3.05) is 44.2 Å². The van der Waals surface area contributed by atoms with Crippen molar-refractivity contribution < 1.29 is 4.79 Å². The van der Waals surface area contributed by atoms with Gasteiger partial charge < -0.3 is 10.2 Å². The minimum absolute atomic E-state index is 0.232. The van der Waals surface area contributed by atoms with Crippen LogP contribution in [-0.2, 0) is 4.79 Å². The van der Waals surface area contributed by atoms with E-state index in [1.165, 1.54) is 37.8 Å². The molecule has 1 aromatic rings. The molecule has 2 aliphatic rings. The van der Waals surface area contributed by atoms with E-state index >= 15 is 0 Å². The van der Waals surface area contributed by atoms with E-state index in [0.29, 0.717) is 6.42 Å². The molecular formula is C21H32ClN3O. The summed E-state index contributed by atoms with van der Waals surface area (Å²) in [6, 6.07) is 8.08. The lowest BCUT2D eigenvalue weighted by atomic mass is 9.86. The lowest BCUT2D eigenvalue weighted by Crippen LogP contribution is -2.48. The van der Waals surface area contributed by atoms with Crippen molar-refractivity contribution >= 4 is 23.2 Å². The quantitative estimate of drug-likeness (QED) is 0.781. The molecule has 144 valence electrons. The van der Waals surface area contributed by atoms with Crippen molar-refractivity contribution in [3.8, 4) is 0 Å². The normalized spacial score (nSPS) is 19.5. The smallest absolute Gasteiger partial charge is 0.220 e. The number of nitrogens with zero attached hydrogens (tertiary/aromatic N) is 2. The number of amides is 1. The van der Waals surface area contributed by atoms with E-state index in [9.17, 15) is 4.79 Å². The fourth-order valence-electron chi connectivity index (χ4n) is 4.13. The van der Waals surface area contributed by atoms with Gasteiger partial charge in [0.25, 0.3) is 0 Å². The SMILES string of the molecule is O=C(CCC1CCCCC1)NCCN1CCN(c2ccc(Cl)cc2)CC1. The standard InChI is InChI=1S/C21H32ClN3O/c22-19-7-9-20(10-8-19)25-16-14-24(15-17-25)13-12-23-21(26)11-6-18-4-2-1-3-5-18/h7-10,18H,1-6,11-17H2,(H,23,26). The Bertz CT molecular complexity index is 549. The summed E-state index contributed by atoms with van der Waals surface area (Å²) in [7, 11) is 0. The summed E-state index contributed by atoms with van der Waals surface area (Å²) >= 11 is 5.96. The zero-order valence-corrected chi connectivity index (χ0v) is 16.5. The summed E-state index contributed by atoms with van der Waals surface area (Å²) in [5, 5.41) is 3.89. The van der Waals surface area contributed by atoms with Crippen LogP contribution in [0.4, 0.5) is 5.69 Å². The van der Waals surface area contributed by atoms with E-state index in [2.05, 4.69) is 27.2 Å². The van der Waals surface area contributed by atoms with Gasteiger partial charge in [-0.15, -0.1) is 0 Å². The van der Waals surface area contributed by atoms with Gasteiger partial charge in [-0.05, 0) is 36.6 Å². The van der Waals surface area contributed by atoms with Crippen molar-refractivity contribution in [2.45, 2.75) is 44.9 Å². The van der Waals surface area contributed by atoms with Crippen LogP contribution >= 0.6 is 11.6 Å². The number of piperazine rings is 1. The number of rotatable bonds is 7. The molecule has 26 heavy (non-hydrogen) atoms. The first-order valence-electron chi connectivity index (χ1n) is 10.2. The predicted molar refractivity (Wildman–Crippen MR) is 109 cm³/mol. The molecule has 0 spiro atoms. The topological polar surface area (TPSA) is 35.6 Å². The van der Waals surface area contributed by atoms with Crippen LogP contribution in [0.15, 0.2) is 24.3 Å². The summed E-state index contributed by atoms with van der Waals surface area (Å²) in [5.74, 6) is 1.02. The van der Waals surface area contributed by atoms with Crippen LogP contribution in [0.3, 0.4) is 0 Å². The highest BCUT2D eigenvalue weighted by atomic mass is 35.5. The monoisotopic (exact) mass is 377 g/mol. The van der Waals surface area contributed by atoms with Gasteiger partial charge in [0.2, 0.25) is 5.91 Å². The molecule has 1 aliphatic heterocycles. The second kappa shape index (κ2) is 10.2. The van der Waals surface area contributed by atoms with E-state index in [4.69, 9.17) is 11.6 Å². The molecule has 1 amide bonds.